The summed E-state index contributed by atoms with van der Waals surface area (Å²) in [6, 6.07) is 7.55. The summed E-state index contributed by atoms with van der Waals surface area (Å²) in [5.74, 6) is -0.0591. The van der Waals surface area contributed by atoms with Crippen molar-refractivity contribution < 1.29 is 9.59 Å². The maximum absolute atomic E-state index is 11.9. The van der Waals surface area contributed by atoms with E-state index in [9.17, 15) is 9.59 Å². The van der Waals surface area contributed by atoms with Gasteiger partial charge in [-0.2, -0.15) is 0 Å². The van der Waals surface area contributed by atoms with E-state index in [1.54, 1.807) is 31.1 Å². The predicted octanol–water partition coefficient (Wildman–Crippen LogP) is 1.00. The molecule has 1 aromatic carbocycles. The normalized spacial score (nSPS) is 10.4. The fraction of sp³-hybridized carbons (Fsp3) is 0.467. The summed E-state index contributed by atoms with van der Waals surface area (Å²) < 4.78 is 0. The van der Waals surface area contributed by atoms with Gasteiger partial charge < -0.3 is 15.5 Å². The summed E-state index contributed by atoms with van der Waals surface area (Å²) in [6.45, 7) is 4.88. The molecular weight excluding hydrogens is 254 g/mol. The van der Waals surface area contributed by atoms with Gasteiger partial charge in [0, 0.05) is 32.2 Å². The van der Waals surface area contributed by atoms with Crippen LogP contribution in [0.5, 0.6) is 0 Å². The molecule has 5 nitrogen and oxygen atoms in total. The first-order chi connectivity index (χ1) is 9.43. The summed E-state index contributed by atoms with van der Waals surface area (Å²) in [7, 11) is 3.38. The lowest BCUT2D eigenvalue weighted by Crippen LogP contribution is -2.37. The number of hydrogen-bond donors (Lipinski definition) is 2. The Morgan fingerprint density at radius 3 is 2.30 bits per heavy atom. The van der Waals surface area contributed by atoms with Gasteiger partial charge in [-0.05, 0) is 17.7 Å². The zero-order valence-corrected chi connectivity index (χ0v) is 12.6. The third kappa shape index (κ3) is 5.01. The van der Waals surface area contributed by atoms with Gasteiger partial charge in [-0.1, -0.05) is 26.0 Å². The van der Waals surface area contributed by atoms with Gasteiger partial charge in [-0.15, -0.1) is 0 Å². The maximum atomic E-state index is 11.9. The lowest BCUT2D eigenvalue weighted by atomic mass is 10.1. The van der Waals surface area contributed by atoms with E-state index in [0.717, 1.165) is 5.56 Å². The molecule has 0 unspecified atom stereocenters. The van der Waals surface area contributed by atoms with Crippen LogP contribution in [0.15, 0.2) is 24.3 Å². The number of likely N-dealkylation sites (N-methyl/N-ethyl adjacent to an activating group) is 1. The van der Waals surface area contributed by atoms with Gasteiger partial charge in [0.25, 0.3) is 5.91 Å². The number of hydrogen-bond acceptors (Lipinski definition) is 3. The van der Waals surface area contributed by atoms with Crippen molar-refractivity contribution in [2.24, 2.45) is 0 Å². The van der Waals surface area contributed by atoms with Crippen molar-refractivity contribution in [2.45, 2.75) is 26.4 Å². The number of carbonyl (C=O) groups excluding carboxylic acids is 2. The molecule has 0 atom stereocenters. The van der Waals surface area contributed by atoms with Crippen LogP contribution in [-0.4, -0.2) is 43.4 Å². The average Bonchev–Trinajstić information content (AvgIpc) is 2.44. The highest BCUT2D eigenvalue weighted by molar-refractivity contribution is 5.93. The number of carbonyl (C=O) groups is 2. The zero-order chi connectivity index (χ0) is 15.1. The minimum atomic E-state index is -0.109. The van der Waals surface area contributed by atoms with E-state index < -0.39 is 0 Å². The molecule has 1 rings (SSSR count). The SMILES string of the molecule is CNC(=O)c1ccc(CN(C)C(=O)CNC(C)C)cc1. The first-order valence-corrected chi connectivity index (χ1v) is 6.72. The minimum Gasteiger partial charge on any atom is -0.355 e. The Bertz CT molecular complexity index is 455. The fourth-order valence-corrected chi connectivity index (χ4v) is 1.69. The molecule has 0 spiro atoms. The molecule has 2 amide bonds. The van der Waals surface area contributed by atoms with Crippen molar-refractivity contribution in [1.29, 1.82) is 0 Å². The molecule has 0 saturated carbocycles. The van der Waals surface area contributed by atoms with Crippen molar-refractivity contribution in [3.63, 3.8) is 0 Å². The Hall–Kier alpha value is -1.88. The molecule has 0 fully saturated rings. The molecule has 0 aliphatic heterocycles. The van der Waals surface area contributed by atoms with E-state index in [-0.39, 0.29) is 11.8 Å². The monoisotopic (exact) mass is 277 g/mol. The highest BCUT2D eigenvalue weighted by Gasteiger charge is 2.10. The van der Waals surface area contributed by atoms with Gasteiger partial charge in [0.05, 0.1) is 6.54 Å². The fourth-order valence-electron chi connectivity index (χ4n) is 1.69. The number of nitrogens with zero attached hydrogens (tertiary/aromatic N) is 1. The molecule has 20 heavy (non-hydrogen) atoms. The van der Waals surface area contributed by atoms with E-state index in [1.807, 2.05) is 26.0 Å². The van der Waals surface area contributed by atoms with Crippen LogP contribution < -0.4 is 10.6 Å². The van der Waals surface area contributed by atoms with Gasteiger partial charge >= 0.3 is 0 Å². The van der Waals surface area contributed by atoms with Crippen molar-refractivity contribution in [3.8, 4) is 0 Å². The smallest absolute Gasteiger partial charge is 0.251 e. The van der Waals surface area contributed by atoms with Crippen molar-refractivity contribution in [1.82, 2.24) is 15.5 Å². The second-order valence-corrected chi connectivity index (χ2v) is 5.06. The van der Waals surface area contributed by atoms with Crippen molar-refractivity contribution >= 4 is 11.8 Å². The van der Waals surface area contributed by atoms with Gasteiger partial charge in [-0.3, -0.25) is 9.59 Å². The molecule has 1 aromatic rings. The van der Waals surface area contributed by atoms with Crippen LogP contribution in [0.4, 0.5) is 0 Å². The van der Waals surface area contributed by atoms with E-state index in [1.165, 1.54) is 0 Å². The maximum Gasteiger partial charge on any atom is 0.251 e. The summed E-state index contributed by atoms with van der Waals surface area (Å²) in [6.07, 6.45) is 0. The molecule has 110 valence electrons. The third-order valence-corrected chi connectivity index (χ3v) is 2.95. The predicted molar refractivity (Wildman–Crippen MR) is 79.4 cm³/mol. The molecule has 0 aromatic heterocycles. The zero-order valence-electron chi connectivity index (χ0n) is 12.6. The van der Waals surface area contributed by atoms with Crippen molar-refractivity contribution in [2.75, 3.05) is 20.6 Å². The lowest BCUT2D eigenvalue weighted by Gasteiger charge is -2.18. The molecule has 0 aliphatic carbocycles. The Morgan fingerprint density at radius 1 is 1.20 bits per heavy atom. The van der Waals surface area contributed by atoms with Crippen LogP contribution in [0.1, 0.15) is 29.8 Å². The molecule has 0 bridgehead atoms. The number of amides is 2. The minimum absolute atomic E-state index is 0.0501. The third-order valence-electron chi connectivity index (χ3n) is 2.95. The highest BCUT2D eigenvalue weighted by atomic mass is 16.2. The second kappa shape index (κ2) is 7.65. The molecule has 0 radical (unpaired) electrons. The van der Waals surface area contributed by atoms with Crippen LogP contribution in [0.2, 0.25) is 0 Å². The topological polar surface area (TPSA) is 61.4 Å². The summed E-state index contributed by atoms with van der Waals surface area (Å²) in [5, 5.41) is 5.67. The van der Waals surface area contributed by atoms with Crippen LogP contribution in [0.25, 0.3) is 0 Å². The molecular formula is C15H23N3O2. The summed E-state index contributed by atoms with van der Waals surface area (Å²) >= 11 is 0. The Morgan fingerprint density at radius 2 is 1.80 bits per heavy atom. The first-order valence-electron chi connectivity index (χ1n) is 6.72. The second-order valence-electron chi connectivity index (χ2n) is 5.06. The molecule has 0 aliphatic rings. The molecule has 0 saturated heterocycles. The summed E-state index contributed by atoms with van der Waals surface area (Å²) in [5.41, 5.74) is 1.62. The largest absolute Gasteiger partial charge is 0.355 e. The van der Waals surface area contributed by atoms with Crippen LogP contribution in [0, 0.1) is 0 Å². The van der Waals surface area contributed by atoms with Crippen molar-refractivity contribution in [3.05, 3.63) is 35.4 Å². The van der Waals surface area contributed by atoms with E-state index in [0.29, 0.717) is 24.7 Å². The first kappa shape index (κ1) is 16.2. The number of benzene rings is 1. The Labute approximate surface area is 120 Å². The van der Waals surface area contributed by atoms with Gasteiger partial charge in [0.1, 0.15) is 0 Å². The quantitative estimate of drug-likeness (QED) is 0.815. The van der Waals surface area contributed by atoms with Crippen LogP contribution >= 0.6 is 0 Å². The van der Waals surface area contributed by atoms with Gasteiger partial charge in [0.15, 0.2) is 0 Å². The number of rotatable bonds is 6. The van der Waals surface area contributed by atoms with E-state index in [4.69, 9.17) is 0 Å². The molecule has 2 N–H and O–H groups in total. The van der Waals surface area contributed by atoms with E-state index >= 15 is 0 Å². The Balaban J connectivity index is 2.55. The van der Waals surface area contributed by atoms with E-state index in [2.05, 4.69) is 10.6 Å². The summed E-state index contributed by atoms with van der Waals surface area (Å²) in [4.78, 5) is 25.0. The van der Waals surface area contributed by atoms with Crippen LogP contribution in [-0.2, 0) is 11.3 Å². The lowest BCUT2D eigenvalue weighted by molar-refractivity contribution is -0.129. The number of nitrogens with one attached hydrogen (secondary N) is 2. The van der Waals surface area contributed by atoms with Gasteiger partial charge in [0.2, 0.25) is 5.91 Å². The average molecular weight is 277 g/mol. The molecule has 0 heterocycles. The molecule has 5 heteroatoms. The standard InChI is InChI=1S/C15H23N3O2/c1-11(2)17-9-14(19)18(4)10-12-5-7-13(8-6-12)15(20)16-3/h5-8,11,17H,9-10H2,1-4H3,(H,16,20). The van der Waals surface area contributed by atoms with Crippen LogP contribution in [0.3, 0.4) is 0 Å². The van der Waals surface area contributed by atoms with Gasteiger partial charge in [-0.25, -0.2) is 0 Å². The Kier molecular flexibility index (Phi) is 6.18. The highest BCUT2D eigenvalue weighted by Crippen LogP contribution is 2.07.